The fraction of sp³-hybridized carbons (Fsp3) is 0.200. The summed E-state index contributed by atoms with van der Waals surface area (Å²) < 4.78 is 27.4. The first-order valence-electron chi connectivity index (χ1n) is 9.10. The van der Waals surface area contributed by atoms with Gasteiger partial charge in [-0.15, -0.1) is 0 Å². The topological polar surface area (TPSA) is 106 Å². The average Bonchev–Trinajstić information content (AvgIpc) is 2.68. The van der Waals surface area contributed by atoms with E-state index in [2.05, 4.69) is 10.0 Å². The number of hydrogen-bond acceptors (Lipinski definition) is 5. The summed E-state index contributed by atoms with van der Waals surface area (Å²) >= 11 is 0. The summed E-state index contributed by atoms with van der Waals surface area (Å²) in [5.74, 6) is 0. The van der Waals surface area contributed by atoms with Gasteiger partial charge in [-0.1, -0.05) is 36.4 Å². The van der Waals surface area contributed by atoms with Gasteiger partial charge in [0, 0.05) is 17.1 Å². The highest BCUT2D eigenvalue weighted by atomic mass is 32.2. The molecular formula is C20H23N4O4S+. The molecule has 0 saturated heterocycles. The van der Waals surface area contributed by atoms with Crippen LogP contribution in [0.15, 0.2) is 65.6 Å². The maximum Gasteiger partial charge on any atom is 0.294 e. The molecule has 152 valence electrons. The minimum absolute atomic E-state index is 0.138. The lowest BCUT2D eigenvalue weighted by Gasteiger charge is -2.12. The smallest absolute Gasteiger partial charge is 0.294 e. The second kappa shape index (κ2) is 8.56. The number of sulfonamides is 1. The van der Waals surface area contributed by atoms with Gasteiger partial charge in [0.25, 0.3) is 5.69 Å². The van der Waals surface area contributed by atoms with Gasteiger partial charge in [0.15, 0.2) is 0 Å². The van der Waals surface area contributed by atoms with Crippen LogP contribution < -0.4 is 14.9 Å². The average molecular weight is 415 g/mol. The molecule has 0 amide bonds. The fourth-order valence-corrected chi connectivity index (χ4v) is 3.99. The Hall–Kier alpha value is -3.01. The zero-order valence-corrected chi connectivity index (χ0v) is 17.0. The predicted molar refractivity (Wildman–Crippen MR) is 113 cm³/mol. The molecule has 0 atom stereocenters. The van der Waals surface area contributed by atoms with Gasteiger partial charge in [0.05, 0.1) is 37.0 Å². The van der Waals surface area contributed by atoms with Gasteiger partial charge in [0.1, 0.15) is 5.69 Å². The van der Waals surface area contributed by atoms with Crippen molar-refractivity contribution in [3.63, 3.8) is 0 Å². The Labute approximate surface area is 169 Å². The number of nitro groups is 1. The number of hydrogen-bond donors (Lipinski definition) is 3. The Bertz CT molecular complexity index is 1140. The maximum atomic E-state index is 12.5. The molecule has 29 heavy (non-hydrogen) atoms. The Kier molecular flexibility index (Phi) is 6.12. The summed E-state index contributed by atoms with van der Waals surface area (Å²) in [4.78, 5) is 12.0. The molecule has 0 aliphatic heterocycles. The van der Waals surface area contributed by atoms with Gasteiger partial charge in [-0.2, -0.15) is 0 Å². The third-order valence-electron chi connectivity index (χ3n) is 4.45. The molecular weight excluding hydrogens is 392 g/mol. The molecule has 0 heterocycles. The van der Waals surface area contributed by atoms with Gasteiger partial charge in [-0.25, -0.2) is 13.1 Å². The van der Waals surface area contributed by atoms with E-state index in [-0.39, 0.29) is 22.8 Å². The Balaban J connectivity index is 1.93. The third kappa shape index (κ3) is 4.89. The van der Waals surface area contributed by atoms with Gasteiger partial charge in [0.2, 0.25) is 10.0 Å². The van der Waals surface area contributed by atoms with Crippen LogP contribution in [-0.2, 0) is 10.0 Å². The van der Waals surface area contributed by atoms with Crippen LogP contribution >= 0.6 is 0 Å². The standard InChI is InChI=1S/C20H22N4O4S/c1-23(2)13-12-21-29(27,28)16-10-11-19(20(14-16)24(25)26)22-18-9-5-7-15-6-3-4-8-17(15)18/h3-11,14,21-22H,12-13H2,1-2H3/p+1. The van der Waals surface area contributed by atoms with E-state index in [1.807, 2.05) is 56.6 Å². The Morgan fingerprint density at radius 2 is 1.72 bits per heavy atom. The molecule has 0 fully saturated rings. The van der Waals surface area contributed by atoms with E-state index in [9.17, 15) is 18.5 Å². The summed E-state index contributed by atoms with van der Waals surface area (Å²) in [5.41, 5.74) is 0.621. The summed E-state index contributed by atoms with van der Waals surface area (Å²) in [5, 5.41) is 16.6. The molecule has 3 aromatic carbocycles. The zero-order chi connectivity index (χ0) is 21.0. The second-order valence-corrected chi connectivity index (χ2v) is 8.71. The molecule has 0 aromatic heterocycles. The molecule has 0 spiro atoms. The molecule has 3 N–H and O–H groups in total. The summed E-state index contributed by atoms with van der Waals surface area (Å²) in [6, 6.07) is 17.2. The van der Waals surface area contributed by atoms with Crippen LogP contribution in [0.1, 0.15) is 0 Å². The van der Waals surface area contributed by atoms with Crippen molar-refractivity contribution in [2.24, 2.45) is 0 Å². The lowest BCUT2D eigenvalue weighted by atomic mass is 10.1. The van der Waals surface area contributed by atoms with Gasteiger partial charge >= 0.3 is 0 Å². The normalized spacial score (nSPS) is 11.7. The van der Waals surface area contributed by atoms with Crippen LogP contribution in [0.3, 0.4) is 0 Å². The first kappa shape index (κ1) is 20.7. The minimum atomic E-state index is -3.83. The van der Waals surface area contributed by atoms with E-state index >= 15 is 0 Å². The molecule has 0 aliphatic carbocycles. The molecule has 0 saturated carbocycles. The van der Waals surface area contributed by atoms with Crippen molar-refractivity contribution >= 4 is 37.9 Å². The SMILES string of the molecule is C[NH+](C)CCNS(=O)(=O)c1ccc(Nc2cccc3ccccc23)c([N+](=O)[O-])c1. The van der Waals surface area contributed by atoms with Gasteiger partial charge < -0.3 is 10.2 Å². The van der Waals surface area contributed by atoms with Crippen molar-refractivity contribution in [3.8, 4) is 0 Å². The van der Waals surface area contributed by atoms with Crippen molar-refractivity contribution in [1.29, 1.82) is 0 Å². The molecule has 8 nitrogen and oxygen atoms in total. The number of nitrogens with one attached hydrogen (secondary N) is 3. The Morgan fingerprint density at radius 3 is 2.45 bits per heavy atom. The zero-order valence-electron chi connectivity index (χ0n) is 16.2. The van der Waals surface area contributed by atoms with E-state index in [1.54, 1.807) is 0 Å². The van der Waals surface area contributed by atoms with E-state index in [4.69, 9.17) is 0 Å². The predicted octanol–water partition coefficient (Wildman–Crippen LogP) is 1.91. The molecule has 3 aromatic rings. The molecule has 0 bridgehead atoms. The lowest BCUT2D eigenvalue weighted by molar-refractivity contribution is -0.856. The molecule has 0 aliphatic rings. The Morgan fingerprint density at radius 1 is 1.00 bits per heavy atom. The highest BCUT2D eigenvalue weighted by Crippen LogP contribution is 2.33. The molecule has 3 rings (SSSR count). The number of quaternary nitrogens is 1. The first-order valence-corrected chi connectivity index (χ1v) is 10.6. The van der Waals surface area contributed by atoms with Crippen LogP contribution in [0.5, 0.6) is 0 Å². The number of likely N-dealkylation sites (N-methyl/N-ethyl adjacent to an activating group) is 1. The summed E-state index contributed by atoms with van der Waals surface area (Å²) in [6.07, 6.45) is 0. The lowest BCUT2D eigenvalue weighted by Crippen LogP contribution is -3.06. The second-order valence-electron chi connectivity index (χ2n) is 6.94. The minimum Gasteiger partial charge on any atom is -0.349 e. The maximum absolute atomic E-state index is 12.5. The highest BCUT2D eigenvalue weighted by Gasteiger charge is 2.22. The van der Waals surface area contributed by atoms with Crippen LogP contribution in [0.25, 0.3) is 10.8 Å². The van der Waals surface area contributed by atoms with Gasteiger partial charge in [-0.05, 0) is 23.6 Å². The van der Waals surface area contributed by atoms with E-state index in [0.29, 0.717) is 12.2 Å². The molecule has 0 radical (unpaired) electrons. The number of nitro benzene ring substituents is 1. The summed E-state index contributed by atoms with van der Waals surface area (Å²) in [6.45, 7) is 0.844. The number of fused-ring (bicyclic) bond motifs is 1. The van der Waals surface area contributed by atoms with Crippen molar-refractivity contribution in [1.82, 2.24) is 4.72 Å². The number of nitrogens with zero attached hydrogens (tertiary/aromatic N) is 1. The highest BCUT2D eigenvalue weighted by molar-refractivity contribution is 7.89. The van der Waals surface area contributed by atoms with Crippen LogP contribution in [-0.4, -0.2) is 40.5 Å². The van der Waals surface area contributed by atoms with Crippen LogP contribution in [0, 0.1) is 10.1 Å². The van der Waals surface area contributed by atoms with E-state index in [0.717, 1.165) is 21.7 Å². The van der Waals surface area contributed by atoms with E-state index in [1.165, 1.54) is 12.1 Å². The van der Waals surface area contributed by atoms with E-state index < -0.39 is 14.9 Å². The fourth-order valence-electron chi connectivity index (χ4n) is 2.93. The third-order valence-corrected chi connectivity index (χ3v) is 5.91. The quantitative estimate of drug-likeness (QED) is 0.385. The summed E-state index contributed by atoms with van der Waals surface area (Å²) in [7, 11) is -0.0126. The first-order chi connectivity index (χ1) is 13.8. The largest absolute Gasteiger partial charge is 0.349 e. The number of anilines is 2. The van der Waals surface area contributed by atoms with Gasteiger partial charge in [-0.3, -0.25) is 10.1 Å². The molecule has 0 unspecified atom stereocenters. The van der Waals surface area contributed by atoms with Crippen molar-refractivity contribution < 1.29 is 18.2 Å². The van der Waals surface area contributed by atoms with Crippen molar-refractivity contribution in [2.75, 3.05) is 32.5 Å². The van der Waals surface area contributed by atoms with Crippen LogP contribution in [0.2, 0.25) is 0 Å². The van der Waals surface area contributed by atoms with Crippen molar-refractivity contribution in [2.45, 2.75) is 4.90 Å². The number of benzene rings is 3. The van der Waals surface area contributed by atoms with Crippen molar-refractivity contribution in [3.05, 3.63) is 70.8 Å². The molecule has 9 heteroatoms. The van der Waals surface area contributed by atoms with Crippen LogP contribution in [0.4, 0.5) is 17.1 Å². The number of rotatable bonds is 8. The monoisotopic (exact) mass is 415 g/mol.